The maximum atomic E-state index is 14.3. The number of carbonyl (C=O) groups is 6. The molecule has 1 saturated heterocycles. The number of benzene rings is 2. The van der Waals surface area contributed by atoms with Crippen molar-refractivity contribution in [2.45, 2.75) is 12.2 Å². The molecule has 0 aromatic heterocycles. The molecule has 1 aliphatic heterocycles. The number of hydrogen-bond donors (Lipinski definition) is 8. The van der Waals surface area contributed by atoms with Crippen LogP contribution in [0.15, 0.2) is 0 Å². The summed E-state index contributed by atoms with van der Waals surface area (Å²) in [6, 6.07) is 0. The van der Waals surface area contributed by atoms with Gasteiger partial charge in [-0.05, 0) is 136 Å². The van der Waals surface area contributed by atoms with E-state index in [1.807, 2.05) is 136 Å². The van der Waals surface area contributed by atoms with Crippen molar-refractivity contribution in [3.63, 3.8) is 0 Å². The Morgan fingerprint density at radius 2 is 0.839 bits per heavy atom. The molecule has 1 aliphatic rings. The Labute approximate surface area is 402 Å². The summed E-state index contributed by atoms with van der Waals surface area (Å²) in [5.74, 6) is -3.79. The number of nitrogens with zero attached hydrogens (tertiary/aromatic N) is 4. The Morgan fingerprint density at radius 3 is 1.11 bits per heavy atom. The quantitative estimate of drug-likeness (QED) is 0.121. The highest BCUT2D eigenvalue weighted by Gasteiger charge is 2.36. The van der Waals surface area contributed by atoms with Crippen molar-refractivity contribution in [1.82, 2.24) is 19.6 Å². The molecule has 0 bridgehead atoms. The minimum atomic E-state index is -1.23. The number of halogens is 6. The van der Waals surface area contributed by atoms with Gasteiger partial charge in [-0.25, -0.2) is 0 Å². The van der Waals surface area contributed by atoms with Gasteiger partial charge in [0.05, 0.1) is 73.3 Å². The molecule has 8 N–H and O–H groups in total. The summed E-state index contributed by atoms with van der Waals surface area (Å²) < 4.78 is 1.67. The van der Waals surface area contributed by atoms with Crippen LogP contribution in [0.5, 0.6) is 0 Å². The van der Waals surface area contributed by atoms with Gasteiger partial charge < -0.3 is 60.9 Å². The molecule has 2 unspecified atom stereocenters. The van der Waals surface area contributed by atoms with Crippen LogP contribution < -0.4 is 10.6 Å². The highest BCUT2D eigenvalue weighted by molar-refractivity contribution is 14.1. The number of aliphatic hydroxyl groups is 6. The molecule has 3 rings (SSSR count). The molecule has 18 nitrogen and oxygen atoms in total. The number of piperazine rings is 1. The van der Waals surface area contributed by atoms with Crippen molar-refractivity contribution in [2.24, 2.45) is 0 Å². The van der Waals surface area contributed by atoms with Gasteiger partial charge in [0.2, 0.25) is 11.8 Å². The van der Waals surface area contributed by atoms with Crippen molar-refractivity contribution in [3.8, 4) is 0 Å². The van der Waals surface area contributed by atoms with E-state index in [-0.39, 0.29) is 87.2 Å². The first-order valence-electron chi connectivity index (χ1n) is 16.2. The number of carbonyl (C=O) groups excluding carboxylic acids is 6. The van der Waals surface area contributed by atoms with Crippen molar-refractivity contribution in [1.29, 1.82) is 0 Å². The third-order valence-electron chi connectivity index (χ3n) is 8.24. The number of rotatable bonds is 14. The molecule has 1 heterocycles. The largest absolute Gasteiger partial charge is 0.394 e. The zero-order valence-corrected chi connectivity index (χ0v) is 42.4. The molecule has 24 heteroatoms. The fourth-order valence-corrected chi connectivity index (χ4v) is 14.1. The molecule has 6 amide bonds. The van der Waals surface area contributed by atoms with E-state index in [9.17, 15) is 59.4 Å². The normalized spacial score (nSPS) is 13.9. The first-order chi connectivity index (χ1) is 26.3. The summed E-state index contributed by atoms with van der Waals surface area (Å²) in [6.45, 7) is -3.23. The van der Waals surface area contributed by atoms with Gasteiger partial charge in [0.15, 0.2) is 0 Å². The fraction of sp³-hybridized carbons (Fsp3) is 0.438. The Morgan fingerprint density at radius 1 is 0.554 bits per heavy atom. The summed E-state index contributed by atoms with van der Waals surface area (Å²) in [5.41, 5.74) is 0.525. The van der Waals surface area contributed by atoms with Crippen molar-refractivity contribution < 1.29 is 59.4 Å². The second-order valence-electron chi connectivity index (χ2n) is 12.2. The zero-order valence-electron chi connectivity index (χ0n) is 29.4. The van der Waals surface area contributed by atoms with Crippen LogP contribution in [0, 0.1) is 21.4 Å². The van der Waals surface area contributed by atoms with Crippen LogP contribution in [-0.2, 0) is 9.59 Å². The molecule has 0 saturated carbocycles. The van der Waals surface area contributed by atoms with Crippen LogP contribution >= 0.6 is 136 Å². The number of anilines is 2. The lowest BCUT2D eigenvalue weighted by Crippen LogP contribution is -2.51. The Bertz CT molecular complexity index is 1760. The topological polar surface area (TPSA) is 261 Å². The third kappa shape index (κ3) is 11.4. The Hall–Kier alpha value is -0.600. The number of likely N-dealkylation sites (N-methyl/N-ethyl adjacent to an activating group) is 2. The van der Waals surface area contributed by atoms with E-state index in [0.29, 0.717) is 7.14 Å². The summed E-state index contributed by atoms with van der Waals surface area (Å²) in [6.07, 6.45) is -2.46. The maximum Gasteiger partial charge on any atom is 0.256 e. The molecule has 1 fully saturated rings. The smallest absolute Gasteiger partial charge is 0.256 e. The molecule has 56 heavy (non-hydrogen) atoms. The predicted molar refractivity (Wildman–Crippen MR) is 253 cm³/mol. The third-order valence-corrected chi connectivity index (χ3v) is 14.7. The summed E-state index contributed by atoms with van der Waals surface area (Å²) in [5, 5.41) is 62.6. The summed E-state index contributed by atoms with van der Waals surface area (Å²) in [4.78, 5) is 86.0. The van der Waals surface area contributed by atoms with Gasteiger partial charge in [0, 0.05) is 60.5 Å². The van der Waals surface area contributed by atoms with Crippen LogP contribution in [-0.4, -0.2) is 178 Å². The van der Waals surface area contributed by atoms with Crippen LogP contribution in [0.3, 0.4) is 0 Å². The minimum Gasteiger partial charge on any atom is -0.394 e. The predicted octanol–water partition coefficient (Wildman–Crippen LogP) is 0.624. The molecule has 0 spiro atoms. The van der Waals surface area contributed by atoms with Crippen molar-refractivity contribution >= 4 is 182 Å². The summed E-state index contributed by atoms with van der Waals surface area (Å²) in [7, 11) is 2.82. The first-order valence-corrected chi connectivity index (χ1v) is 22.6. The lowest BCUT2D eigenvalue weighted by Gasteiger charge is -2.36. The molecule has 0 radical (unpaired) electrons. The molecule has 2 atom stereocenters. The zero-order chi connectivity index (χ0) is 42.3. The highest BCUT2D eigenvalue weighted by Crippen LogP contribution is 2.39. The second kappa shape index (κ2) is 22.3. The lowest BCUT2D eigenvalue weighted by molar-refractivity contribution is -0.119. The van der Waals surface area contributed by atoms with Gasteiger partial charge in [0.25, 0.3) is 23.6 Å². The fourth-order valence-electron chi connectivity index (χ4n) is 5.38. The van der Waals surface area contributed by atoms with E-state index in [0.717, 1.165) is 0 Å². The molecule has 2 aromatic rings. The lowest BCUT2D eigenvalue weighted by atomic mass is 10.0. The van der Waals surface area contributed by atoms with E-state index in [1.54, 1.807) is 0 Å². The molecule has 308 valence electrons. The van der Waals surface area contributed by atoms with Crippen molar-refractivity contribution in [2.75, 3.05) is 90.4 Å². The van der Waals surface area contributed by atoms with Gasteiger partial charge in [-0.2, -0.15) is 0 Å². The number of amides is 6. The summed E-state index contributed by atoms with van der Waals surface area (Å²) >= 11 is 11.2. The first kappa shape index (κ1) is 49.8. The van der Waals surface area contributed by atoms with E-state index in [1.165, 1.54) is 33.7 Å². The average Bonchev–Trinajstić information content (AvgIpc) is 3.17. The van der Waals surface area contributed by atoms with Gasteiger partial charge in [0.1, 0.15) is 13.2 Å². The number of nitrogens with one attached hydrogen (secondary N) is 2. The van der Waals surface area contributed by atoms with Crippen LogP contribution in [0.1, 0.15) is 41.4 Å². The SMILES string of the molecule is CN(CC(O)CO)C(=O)c1c(I)c(NC(=O)CO)c(I)c(C(=O)N2CCN(C(=O)c3c(I)c(NC(=O)CO)c(I)c(C(=O)N(C)CC(O)CO)c3I)CC2)c1I. The molecule has 0 aliphatic carbocycles. The van der Waals surface area contributed by atoms with Gasteiger partial charge in [-0.1, -0.05) is 0 Å². The second-order valence-corrected chi connectivity index (χ2v) is 18.6. The Kier molecular flexibility index (Phi) is 19.8. The maximum absolute atomic E-state index is 14.3. The monoisotopic (exact) mass is 1460 g/mol. The number of hydrogen-bond acceptors (Lipinski definition) is 12. The van der Waals surface area contributed by atoms with Gasteiger partial charge in [-0.15, -0.1) is 0 Å². The standard InChI is InChI=1S/C32H36I6N6O12/c1-41(7-13(49)9-45)29(53)17-21(33)19(25(37)27(23(17)35)39-15(51)11-47)31(55)43-3-5-44(6-4-43)32(56)20-22(34)18(30(54)42(2)8-14(50)10-46)24(36)28(26(20)38)40-16(52)12-48/h13-14,45-50H,3-12H2,1-2H3,(H,39,51)(H,40,52). The van der Waals surface area contributed by atoms with Crippen LogP contribution in [0.4, 0.5) is 11.4 Å². The van der Waals surface area contributed by atoms with Crippen LogP contribution in [0.2, 0.25) is 0 Å². The van der Waals surface area contributed by atoms with Gasteiger partial charge in [-0.3, -0.25) is 28.8 Å². The molecule has 2 aromatic carbocycles. The minimum absolute atomic E-state index is 0.0339. The van der Waals surface area contributed by atoms with Crippen LogP contribution in [0.25, 0.3) is 0 Å². The molecular weight excluding hydrogens is 1420 g/mol. The average molecular weight is 1460 g/mol. The van der Waals surface area contributed by atoms with E-state index < -0.39 is 74.1 Å². The van der Waals surface area contributed by atoms with E-state index >= 15 is 0 Å². The Balaban J connectivity index is 2.04. The van der Waals surface area contributed by atoms with E-state index in [4.69, 9.17) is 0 Å². The van der Waals surface area contributed by atoms with E-state index in [2.05, 4.69) is 10.6 Å². The van der Waals surface area contributed by atoms with Crippen molar-refractivity contribution in [3.05, 3.63) is 43.7 Å². The highest BCUT2D eigenvalue weighted by atomic mass is 127. The van der Waals surface area contributed by atoms with Gasteiger partial charge >= 0.3 is 0 Å². The number of aliphatic hydroxyl groups excluding tert-OH is 6. The molecular formula is C32H36I6N6O12.